The van der Waals surface area contributed by atoms with Crippen molar-refractivity contribution in [3.8, 4) is 5.75 Å². The monoisotopic (exact) mass is 194 g/mol. The molecule has 5 nitrogen and oxygen atoms in total. The summed E-state index contributed by atoms with van der Waals surface area (Å²) in [6.07, 6.45) is 1.37. The fraction of sp³-hybridized carbons (Fsp3) is 0.111. The number of phenolic OH excluding ortho intramolecular Hbond substituents is 1. The zero-order chi connectivity index (χ0) is 10.4. The summed E-state index contributed by atoms with van der Waals surface area (Å²) < 4.78 is 0. The minimum atomic E-state index is -0.600. The van der Waals surface area contributed by atoms with Crippen molar-refractivity contribution in [2.24, 2.45) is 5.10 Å². The minimum absolute atomic E-state index is 0.127. The number of nitrogens with zero attached hydrogens (tertiary/aromatic N) is 1. The van der Waals surface area contributed by atoms with Gasteiger partial charge in [-0.25, -0.2) is 5.43 Å². The van der Waals surface area contributed by atoms with Crippen LogP contribution < -0.4 is 5.43 Å². The van der Waals surface area contributed by atoms with E-state index in [0.29, 0.717) is 5.56 Å². The van der Waals surface area contributed by atoms with Gasteiger partial charge in [-0.1, -0.05) is 12.1 Å². The topological polar surface area (TPSA) is 81.9 Å². The molecule has 0 aliphatic carbocycles. The van der Waals surface area contributed by atoms with E-state index in [0.717, 1.165) is 0 Å². The molecule has 0 bridgehead atoms. The van der Waals surface area contributed by atoms with Crippen LogP contribution in [0.15, 0.2) is 29.4 Å². The Kier molecular flexibility index (Phi) is 3.63. The van der Waals surface area contributed by atoms with Crippen LogP contribution >= 0.6 is 0 Å². The van der Waals surface area contributed by atoms with Crippen molar-refractivity contribution >= 4 is 12.1 Å². The number of benzene rings is 1. The predicted molar refractivity (Wildman–Crippen MR) is 50.9 cm³/mol. The van der Waals surface area contributed by atoms with Crippen LogP contribution in [0.1, 0.15) is 5.56 Å². The van der Waals surface area contributed by atoms with Gasteiger partial charge in [0.25, 0.3) is 5.91 Å². The molecule has 0 unspecified atom stereocenters. The Labute approximate surface area is 80.7 Å². The molecule has 0 aliphatic heterocycles. The average molecular weight is 194 g/mol. The van der Waals surface area contributed by atoms with Gasteiger partial charge in [-0.3, -0.25) is 4.79 Å². The molecule has 1 aromatic carbocycles. The number of rotatable bonds is 3. The quantitative estimate of drug-likeness (QED) is 0.461. The van der Waals surface area contributed by atoms with Gasteiger partial charge in [0.15, 0.2) is 0 Å². The van der Waals surface area contributed by atoms with Crippen molar-refractivity contribution in [1.29, 1.82) is 0 Å². The first kappa shape index (κ1) is 10.2. The lowest BCUT2D eigenvalue weighted by Gasteiger charge is -1.95. The summed E-state index contributed by atoms with van der Waals surface area (Å²) in [7, 11) is 0. The summed E-state index contributed by atoms with van der Waals surface area (Å²) in [6, 6.07) is 6.40. The molecule has 5 heteroatoms. The molecular formula is C9H10N2O3. The Morgan fingerprint density at radius 3 is 3.00 bits per heavy atom. The van der Waals surface area contributed by atoms with Crippen molar-refractivity contribution < 1.29 is 15.0 Å². The number of phenols is 1. The molecule has 74 valence electrons. The van der Waals surface area contributed by atoms with Gasteiger partial charge in [-0.2, -0.15) is 5.10 Å². The van der Waals surface area contributed by atoms with E-state index in [4.69, 9.17) is 10.2 Å². The van der Waals surface area contributed by atoms with E-state index in [1.807, 2.05) is 0 Å². The van der Waals surface area contributed by atoms with Crippen molar-refractivity contribution in [3.05, 3.63) is 29.8 Å². The average Bonchev–Trinajstić information content (AvgIpc) is 2.17. The first-order valence-corrected chi connectivity index (χ1v) is 3.94. The molecule has 0 heterocycles. The smallest absolute Gasteiger partial charge is 0.265 e. The van der Waals surface area contributed by atoms with Crippen LogP contribution in [-0.4, -0.2) is 28.9 Å². The summed E-state index contributed by atoms with van der Waals surface area (Å²) in [5, 5.41) is 21.0. The van der Waals surface area contributed by atoms with Crippen LogP contribution in [0.3, 0.4) is 0 Å². The number of aliphatic hydroxyl groups excluding tert-OH is 1. The van der Waals surface area contributed by atoms with Gasteiger partial charge in [0.1, 0.15) is 12.4 Å². The number of hydrogen-bond donors (Lipinski definition) is 3. The van der Waals surface area contributed by atoms with E-state index < -0.39 is 12.5 Å². The second-order valence-corrected chi connectivity index (χ2v) is 2.55. The highest BCUT2D eigenvalue weighted by atomic mass is 16.3. The lowest BCUT2D eigenvalue weighted by atomic mass is 10.2. The zero-order valence-corrected chi connectivity index (χ0v) is 7.34. The fourth-order valence-electron chi connectivity index (χ4n) is 0.819. The number of amides is 1. The molecule has 0 saturated heterocycles. The molecule has 0 saturated carbocycles. The first-order valence-electron chi connectivity index (χ1n) is 3.94. The molecule has 0 fully saturated rings. The van der Waals surface area contributed by atoms with E-state index in [9.17, 15) is 4.79 Å². The summed E-state index contributed by atoms with van der Waals surface area (Å²) in [5.74, 6) is -0.455. The number of hydrogen-bond acceptors (Lipinski definition) is 4. The maximum Gasteiger partial charge on any atom is 0.265 e. The van der Waals surface area contributed by atoms with Gasteiger partial charge < -0.3 is 10.2 Å². The molecule has 1 rings (SSSR count). The van der Waals surface area contributed by atoms with E-state index in [-0.39, 0.29) is 5.75 Å². The van der Waals surface area contributed by atoms with Gasteiger partial charge in [0.2, 0.25) is 0 Å². The lowest BCUT2D eigenvalue weighted by Crippen LogP contribution is -2.20. The van der Waals surface area contributed by atoms with Gasteiger partial charge in [0, 0.05) is 0 Å². The zero-order valence-electron chi connectivity index (χ0n) is 7.34. The third-order valence-electron chi connectivity index (χ3n) is 1.42. The Hall–Kier alpha value is -1.88. The summed E-state index contributed by atoms with van der Waals surface area (Å²) >= 11 is 0. The van der Waals surface area contributed by atoms with Gasteiger partial charge in [-0.15, -0.1) is 0 Å². The molecule has 0 spiro atoms. The lowest BCUT2D eigenvalue weighted by molar-refractivity contribution is -0.123. The summed E-state index contributed by atoms with van der Waals surface area (Å²) in [4.78, 5) is 10.5. The maximum atomic E-state index is 10.5. The van der Waals surface area contributed by atoms with Crippen LogP contribution in [0.4, 0.5) is 0 Å². The fourth-order valence-corrected chi connectivity index (χ4v) is 0.819. The number of aliphatic hydroxyl groups is 1. The Bertz CT molecular complexity index is 350. The minimum Gasteiger partial charge on any atom is -0.508 e. The van der Waals surface area contributed by atoms with Crippen LogP contribution in [0.2, 0.25) is 0 Å². The highest BCUT2D eigenvalue weighted by Crippen LogP contribution is 2.08. The molecule has 0 atom stereocenters. The largest absolute Gasteiger partial charge is 0.508 e. The SMILES string of the molecule is O=C(CO)N/N=C/c1cccc(O)c1. The van der Waals surface area contributed by atoms with E-state index >= 15 is 0 Å². The maximum absolute atomic E-state index is 10.5. The van der Waals surface area contributed by atoms with Crippen molar-refractivity contribution in [2.75, 3.05) is 6.61 Å². The predicted octanol–water partition coefficient (Wildman–Crippen LogP) is -0.165. The van der Waals surface area contributed by atoms with Crippen molar-refractivity contribution in [2.45, 2.75) is 0 Å². The van der Waals surface area contributed by atoms with Gasteiger partial charge in [0.05, 0.1) is 6.21 Å². The highest BCUT2D eigenvalue weighted by Gasteiger charge is 1.93. The molecule has 3 N–H and O–H groups in total. The number of carbonyl (C=O) groups is 1. The molecular weight excluding hydrogens is 184 g/mol. The normalized spacial score (nSPS) is 10.4. The van der Waals surface area contributed by atoms with E-state index in [1.165, 1.54) is 18.3 Å². The molecule has 14 heavy (non-hydrogen) atoms. The Morgan fingerprint density at radius 1 is 1.57 bits per heavy atom. The number of hydrazone groups is 1. The third kappa shape index (κ3) is 3.24. The van der Waals surface area contributed by atoms with Crippen LogP contribution in [0.25, 0.3) is 0 Å². The molecule has 1 amide bonds. The molecule has 0 radical (unpaired) electrons. The van der Waals surface area contributed by atoms with Crippen molar-refractivity contribution in [1.82, 2.24) is 5.43 Å². The highest BCUT2D eigenvalue weighted by molar-refractivity contribution is 5.83. The van der Waals surface area contributed by atoms with Crippen molar-refractivity contribution in [3.63, 3.8) is 0 Å². The number of aromatic hydroxyl groups is 1. The molecule has 1 aromatic rings. The second kappa shape index (κ2) is 4.98. The number of carbonyl (C=O) groups excluding carboxylic acids is 1. The van der Waals surface area contributed by atoms with Gasteiger partial charge >= 0.3 is 0 Å². The summed E-state index contributed by atoms with van der Waals surface area (Å²) in [5.41, 5.74) is 2.75. The summed E-state index contributed by atoms with van der Waals surface area (Å²) in [6.45, 7) is -0.600. The Balaban J connectivity index is 2.56. The van der Waals surface area contributed by atoms with Crippen LogP contribution in [-0.2, 0) is 4.79 Å². The van der Waals surface area contributed by atoms with Gasteiger partial charge in [-0.05, 0) is 17.7 Å². The molecule has 0 aromatic heterocycles. The number of nitrogens with one attached hydrogen (secondary N) is 1. The van der Waals surface area contributed by atoms with E-state index in [1.54, 1.807) is 12.1 Å². The van der Waals surface area contributed by atoms with Crippen LogP contribution in [0, 0.1) is 0 Å². The first-order chi connectivity index (χ1) is 6.72. The Morgan fingerprint density at radius 2 is 2.36 bits per heavy atom. The second-order valence-electron chi connectivity index (χ2n) is 2.55. The molecule has 0 aliphatic rings. The van der Waals surface area contributed by atoms with E-state index in [2.05, 4.69) is 10.5 Å². The standard InChI is InChI=1S/C9H10N2O3/c12-6-9(14)11-10-5-7-2-1-3-8(13)4-7/h1-5,12-13H,6H2,(H,11,14)/b10-5+. The third-order valence-corrected chi connectivity index (χ3v) is 1.42. The van der Waals surface area contributed by atoms with Crippen LogP contribution in [0.5, 0.6) is 5.75 Å².